The Morgan fingerprint density at radius 2 is 1.12 bits per heavy atom. The van der Waals surface area contributed by atoms with E-state index in [2.05, 4.69) is 15.3 Å². The number of benzene rings is 2. The molecule has 4 heterocycles. The van der Waals surface area contributed by atoms with Gasteiger partial charge in [-0.1, -0.05) is 72.8 Å². The molecule has 220 valence electrons. The first-order chi connectivity index (χ1) is 20.4. The average molecular weight is 577 g/mol. The molecule has 2 aromatic carbocycles. The van der Waals surface area contributed by atoms with Crippen LogP contribution in [0.2, 0.25) is 0 Å². The molecule has 0 unspecified atom stereocenters. The number of hydrogen-bond donors (Lipinski definition) is 3. The second-order valence-corrected chi connectivity index (χ2v) is 11.0. The maximum absolute atomic E-state index is 12.4. The number of hydrogen-bond acceptors (Lipinski definition) is 5. The van der Waals surface area contributed by atoms with Gasteiger partial charge in [-0.15, -0.1) is 0 Å². The lowest BCUT2D eigenvalue weighted by Crippen LogP contribution is -2.41. The Labute approximate surface area is 250 Å². The normalized spacial score (nSPS) is 11.2. The molecule has 0 aliphatic heterocycles. The highest BCUT2D eigenvalue weighted by Crippen LogP contribution is 2.20. The maximum atomic E-state index is 12.4. The molecular formula is C34H36N6O3. The number of rotatable bonds is 5. The number of aromatic carboxylic acids is 1. The number of pyridine rings is 2. The largest absolute Gasteiger partial charge is 0.476 e. The van der Waals surface area contributed by atoms with Gasteiger partial charge in [-0.3, -0.25) is 4.79 Å². The third-order valence-electron chi connectivity index (χ3n) is 6.62. The summed E-state index contributed by atoms with van der Waals surface area (Å²) in [6, 6.07) is 31.1. The highest BCUT2D eigenvalue weighted by Gasteiger charge is 2.24. The summed E-state index contributed by atoms with van der Waals surface area (Å²) in [6.45, 7) is 7.97. The van der Waals surface area contributed by atoms with E-state index in [0.717, 1.165) is 11.2 Å². The fourth-order valence-corrected chi connectivity index (χ4v) is 4.22. The Balaban J connectivity index is 0.000000163. The van der Waals surface area contributed by atoms with Crippen molar-refractivity contribution in [1.82, 2.24) is 24.1 Å². The molecule has 0 aliphatic rings. The topological polar surface area (TPSA) is 127 Å². The van der Waals surface area contributed by atoms with Crippen LogP contribution in [0.5, 0.6) is 0 Å². The minimum absolute atomic E-state index is 0.0706. The molecule has 43 heavy (non-hydrogen) atoms. The van der Waals surface area contributed by atoms with E-state index in [1.807, 2.05) is 129 Å². The third kappa shape index (κ3) is 8.15. The summed E-state index contributed by atoms with van der Waals surface area (Å²) in [5.74, 6) is -1.17. The molecule has 0 saturated carbocycles. The van der Waals surface area contributed by atoms with Gasteiger partial charge in [0, 0.05) is 30.3 Å². The van der Waals surface area contributed by atoms with E-state index < -0.39 is 11.5 Å². The van der Waals surface area contributed by atoms with Crippen molar-refractivity contribution in [1.29, 1.82) is 0 Å². The summed E-state index contributed by atoms with van der Waals surface area (Å²) in [4.78, 5) is 31.1. The smallest absolute Gasteiger partial charge is 0.356 e. The van der Waals surface area contributed by atoms with Crippen molar-refractivity contribution in [2.45, 2.75) is 38.8 Å². The Hall–Kier alpha value is -5.28. The molecule has 0 spiro atoms. The number of nitrogens with one attached hydrogen (secondary N) is 1. The number of imidazole rings is 2. The highest BCUT2D eigenvalue weighted by atomic mass is 16.4. The van der Waals surface area contributed by atoms with Crippen molar-refractivity contribution in [3.05, 3.63) is 144 Å². The average Bonchev–Trinajstić information content (AvgIpc) is 3.63. The van der Waals surface area contributed by atoms with Gasteiger partial charge in [0.25, 0.3) is 5.91 Å². The number of carboxylic acid groups (broad SMARTS) is 1. The predicted molar refractivity (Wildman–Crippen MR) is 168 cm³/mol. The second-order valence-electron chi connectivity index (χ2n) is 11.0. The number of carbonyl (C=O) groups is 2. The molecule has 0 aliphatic carbocycles. The van der Waals surface area contributed by atoms with E-state index in [1.54, 1.807) is 22.9 Å². The van der Waals surface area contributed by atoms with Crippen LogP contribution in [0.4, 0.5) is 0 Å². The molecule has 6 rings (SSSR count). The number of carbonyl (C=O) groups excluding carboxylic acids is 1. The van der Waals surface area contributed by atoms with Gasteiger partial charge in [-0.05, 0) is 63.1 Å². The second kappa shape index (κ2) is 13.1. The van der Waals surface area contributed by atoms with Crippen LogP contribution < -0.4 is 11.1 Å². The maximum Gasteiger partial charge on any atom is 0.356 e. The molecule has 1 amide bonds. The lowest BCUT2D eigenvalue weighted by atomic mass is 9.94. The van der Waals surface area contributed by atoms with Crippen LogP contribution >= 0.6 is 0 Å². The standard InChI is InChI=1S/C17H17N3O.C9H13N.C8H6N2O2/c1-17(2,13-8-4-3-5-9-13)19-16(21)14-12-20-11-7-6-10-15(20)18-14;1-9(2,10)8-6-4-3-5-7-8;11-8(12)6-5-10-4-2-1-3-7(10)9-6/h3-12H,1-2H3,(H,19,21);3-7H,10H2,1-2H3;1-5H,(H,11,12). The van der Waals surface area contributed by atoms with E-state index in [9.17, 15) is 9.59 Å². The monoisotopic (exact) mass is 576 g/mol. The Morgan fingerprint density at radius 1 is 0.674 bits per heavy atom. The first kappa shape index (κ1) is 30.7. The molecule has 0 atom stereocenters. The van der Waals surface area contributed by atoms with Crippen LogP contribution in [0.15, 0.2) is 122 Å². The SMILES string of the molecule is CC(C)(N)c1ccccc1.CC(C)(NC(=O)c1cn2ccccc2n1)c1ccccc1.O=C(O)c1cn2ccccc2n1. The Bertz CT molecular complexity index is 1740. The molecule has 0 radical (unpaired) electrons. The van der Waals surface area contributed by atoms with Gasteiger partial charge >= 0.3 is 5.97 Å². The lowest BCUT2D eigenvalue weighted by Gasteiger charge is -2.26. The van der Waals surface area contributed by atoms with Crippen LogP contribution in [-0.4, -0.2) is 35.8 Å². The molecule has 9 heteroatoms. The molecular weight excluding hydrogens is 540 g/mol. The molecule has 4 aromatic heterocycles. The van der Waals surface area contributed by atoms with Gasteiger partial charge in [-0.2, -0.15) is 0 Å². The Kier molecular flexibility index (Phi) is 9.37. The number of nitrogens with zero attached hydrogens (tertiary/aromatic N) is 4. The van der Waals surface area contributed by atoms with Gasteiger partial charge in [0.2, 0.25) is 0 Å². The summed E-state index contributed by atoms with van der Waals surface area (Å²) < 4.78 is 3.51. The van der Waals surface area contributed by atoms with Gasteiger partial charge in [0.05, 0.1) is 5.54 Å². The van der Waals surface area contributed by atoms with Gasteiger partial charge in [0.15, 0.2) is 5.69 Å². The quantitative estimate of drug-likeness (QED) is 0.234. The van der Waals surface area contributed by atoms with Crippen LogP contribution in [0.3, 0.4) is 0 Å². The zero-order valence-corrected chi connectivity index (χ0v) is 24.7. The summed E-state index contributed by atoms with van der Waals surface area (Å²) >= 11 is 0. The van der Waals surface area contributed by atoms with Crippen molar-refractivity contribution in [3.63, 3.8) is 0 Å². The molecule has 0 saturated heterocycles. The van der Waals surface area contributed by atoms with Gasteiger partial charge < -0.3 is 25.0 Å². The summed E-state index contributed by atoms with van der Waals surface area (Å²) in [5, 5.41) is 11.6. The first-order valence-corrected chi connectivity index (χ1v) is 13.8. The fourth-order valence-electron chi connectivity index (χ4n) is 4.22. The van der Waals surface area contributed by atoms with Crippen molar-refractivity contribution < 1.29 is 14.7 Å². The van der Waals surface area contributed by atoms with Crippen molar-refractivity contribution in [2.75, 3.05) is 0 Å². The van der Waals surface area contributed by atoms with E-state index >= 15 is 0 Å². The molecule has 0 fully saturated rings. The molecule has 9 nitrogen and oxygen atoms in total. The van der Waals surface area contributed by atoms with Crippen LogP contribution in [0.25, 0.3) is 11.3 Å². The number of carboxylic acids is 1. The van der Waals surface area contributed by atoms with Crippen molar-refractivity contribution in [2.24, 2.45) is 5.73 Å². The summed E-state index contributed by atoms with van der Waals surface area (Å²) in [7, 11) is 0. The number of nitrogens with two attached hydrogens (primary N) is 1. The van der Waals surface area contributed by atoms with E-state index in [-0.39, 0.29) is 17.1 Å². The minimum atomic E-state index is -1.00. The van der Waals surface area contributed by atoms with Crippen LogP contribution in [0, 0.1) is 0 Å². The molecule has 6 aromatic rings. The zero-order chi connectivity index (χ0) is 31.0. The predicted octanol–water partition coefficient (Wildman–Crippen LogP) is 5.91. The molecule has 4 N–H and O–H groups in total. The summed E-state index contributed by atoms with van der Waals surface area (Å²) in [6.07, 6.45) is 6.86. The van der Waals surface area contributed by atoms with Crippen LogP contribution in [0.1, 0.15) is 59.8 Å². The third-order valence-corrected chi connectivity index (χ3v) is 6.62. The van der Waals surface area contributed by atoms with Gasteiger partial charge in [-0.25, -0.2) is 14.8 Å². The Morgan fingerprint density at radius 3 is 1.56 bits per heavy atom. The fraction of sp³-hybridized carbons (Fsp3) is 0.176. The first-order valence-electron chi connectivity index (χ1n) is 13.8. The number of aromatic nitrogens is 4. The van der Waals surface area contributed by atoms with Crippen LogP contribution in [-0.2, 0) is 11.1 Å². The van der Waals surface area contributed by atoms with Gasteiger partial charge in [0.1, 0.15) is 17.0 Å². The minimum Gasteiger partial charge on any atom is -0.476 e. The van der Waals surface area contributed by atoms with Crippen molar-refractivity contribution >= 4 is 23.2 Å². The number of fused-ring (bicyclic) bond motifs is 2. The number of amides is 1. The summed E-state index contributed by atoms with van der Waals surface area (Å²) in [5.41, 5.74) is 9.34. The molecule has 0 bridgehead atoms. The lowest BCUT2D eigenvalue weighted by molar-refractivity contribution is 0.0690. The zero-order valence-electron chi connectivity index (χ0n) is 24.7. The van der Waals surface area contributed by atoms with Crippen molar-refractivity contribution in [3.8, 4) is 0 Å². The van der Waals surface area contributed by atoms with E-state index in [4.69, 9.17) is 10.8 Å². The van der Waals surface area contributed by atoms with E-state index in [1.165, 1.54) is 11.8 Å². The van der Waals surface area contributed by atoms with E-state index in [0.29, 0.717) is 11.3 Å². The highest BCUT2D eigenvalue weighted by molar-refractivity contribution is 5.93.